The van der Waals surface area contributed by atoms with E-state index in [2.05, 4.69) is 41.2 Å². The van der Waals surface area contributed by atoms with Crippen LogP contribution in [0.3, 0.4) is 0 Å². The van der Waals surface area contributed by atoms with Crippen LogP contribution in [0.15, 0.2) is 0 Å². The minimum atomic E-state index is -1.49. The Labute approximate surface area is 188 Å². The molecule has 0 spiro atoms. The van der Waals surface area contributed by atoms with Crippen molar-refractivity contribution in [1.29, 1.82) is 0 Å². The van der Waals surface area contributed by atoms with Gasteiger partial charge in [-0.05, 0) is 12.8 Å². The third kappa shape index (κ3) is 11.4. The molecule has 31 heavy (non-hydrogen) atoms. The molecule has 0 rings (SSSR count). The number of hydrogen-bond donors (Lipinski definition) is 9. The van der Waals surface area contributed by atoms with Gasteiger partial charge in [-0.1, -0.05) is 0 Å². The van der Waals surface area contributed by atoms with E-state index in [1.165, 1.54) is 0 Å². The molecule has 0 fully saturated rings. The van der Waals surface area contributed by atoms with Crippen molar-refractivity contribution in [3.63, 3.8) is 0 Å². The number of nitrogens with one attached hydrogen (secondary N) is 3. The van der Waals surface area contributed by atoms with Gasteiger partial charge in [0.25, 0.3) is 0 Å². The third-order valence-electron chi connectivity index (χ3n) is 3.92. The second-order valence-electron chi connectivity index (χ2n) is 6.37. The number of carbonyl (C=O) groups is 6. The molecule has 4 atom stereocenters. The van der Waals surface area contributed by atoms with E-state index in [4.69, 9.17) is 15.9 Å². The highest BCUT2D eigenvalue weighted by Crippen LogP contribution is 2.02. The lowest BCUT2D eigenvalue weighted by molar-refractivity contribution is -0.143. The summed E-state index contributed by atoms with van der Waals surface area (Å²) in [6.45, 7) is 0. The van der Waals surface area contributed by atoms with E-state index in [1.807, 2.05) is 0 Å². The first kappa shape index (κ1) is 28.5. The second kappa shape index (κ2) is 14.5. The average Bonchev–Trinajstić information content (AvgIpc) is 2.70. The summed E-state index contributed by atoms with van der Waals surface area (Å²) >= 11 is 7.72. The fourth-order valence-corrected chi connectivity index (χ4v) is 2.63. The molecule has 0 bridgehead atoms. The van der Waals surface area contributed by atoms with Gasteiger partial charge in [0, 0.05) is 24.3 Å². The third-order valence-corrected chi connectivity index (χ3v) is 4.65. The summed E-state index contributed by atoms with van der Waals surface area (Å²) in [7, 11) is 0. The van der Waals surface area contributed by atoms with Crippen LogP contribution >= 0.6 is 25.3 Å². The highest BCUT2D eigenvalue weighted by Gasteiger charge is 2.27. The van der Waals surface area contributed by atoms with Crippen LogP contribution in [0.2, 0.25) is 0 Å². The van der Waals surface area contributed by atoms with Crippen molar-refractivity contribution < 1.29 is 44.1 Å². The minimum absolute atomic E-state index is 0.166. The summed E-state index contributed by atoms with van der Waals surface area (Å²) in [5, 5.41) is 33.4. The molecule has 13 nitrogen and oxygen atoms in total. The number of thiol groups is 2. The van der Waals surface area contributed by atoms with Crippen molar-refractivity contribution in [2.45, 2.75) is 49.9 Å². The van der Waals surface area contributed by atoms with Gasteiger partial charge in [-0.3, -0.25) is 19.2 Å². The molecule has 0 aliphatic carbocycles. The van der Waals surface area contributed by atoms with E-state index in [0.717, 1.165) is 0 Å². The van der Waals surface area contributed by atoms with E-state index in [1.54, 1.807) is 0 Å². The molecule has 0 aliphatic rings. The Kier molecular flexibility index (Phi) is 13.3. The molecular weight excluding hydrogens is 456 g/mol. The van der Waals surface area contributed by atoms with Crippen LogP contribution in [0.25, 0.3) is 0 Å². The van der Waals surface area contributed by atoms with E-state index < -0.39 is 59.8 Å². The first-order valence-corrected chi connectivity index (χ1v) is 10.2. The topological polar surface area (TPSA) is 225 Å². The summed E-state index contributed by atoms with van der Waals surface area (Å²) in [5.74, 6) is -6.67. The maximum absolute atomic E-state index is 12.3. The Morgan fingerprint density at radius 2 is 1.13 bits per heavy atom. The van der Waals surface area contributed by atoms with Gasteiger partial charge in [-0.2, -0.15) is 25.3 Å². The Balaban J connectivity index is 4.77. The Hall–Kier alpha value is -2.52. The zero-order chi connectivity index (χ0) is 24.1. The van der Waals surface area contributed by atoms with E-state index in [-0.39, 0.29) is 37.2 Å². The van der Waals surface area contributed by atoms with Gasteiger partial charge in [0.05, 0.1) is 0 Å². The maximum atomic E-state index is 12.3. The average molecular weight is 483 g/mol. The zero-order valence-corrected chi connectivity index (χ0v) is 18.1. The molecule has 176 valence electrons. The van der Waals surface area contributed by atoms with Crippen molar-refractivity contribution in [3.05, 3.63) is 0 Å². The van der Waals surface area contributed by atoms with E-state index in [0.29, 0.717) is 0 Å². The molecule has 8 N–H and O–H groups in total. The van der Waals surface area contributed by atoms with Crippen molar-refractivity contribution >= 4 is 60.9 Å². The fourth-order valence-electron chi connectivity index (χ4n) is 2.13. The first-order valence-electron chi connectivity index (χ1n) is 8.97. The summed E-state index contributed by atoms with van der Waals surface area (Å²) in [5.41, 5.74) is 5.29. The van der Waals surface area contributed by atoms with Crippen LogP contribution in [0.5, 0.6) is 0 Å². The van der Waals surface area contributed by atoms with Crippen molar-refractivity contribution in [3.8, 4) is 0 Å². The van der Waals surface area contributed by atoms with Crippen molar-refractivity contribution in [2.24, 2.45) is 5.73 Å². The number of carbonyl (C=O) groups excluding carboxylic acids is 3. The largest absolute Gasteiger partial charge is 0.480 e. The number of carboxylic acids is 3. The normalized spacial score (nSPS) is 14.4. The maximum Gasteiger partial charge on any atom is 0.327 e. The van der Waals surface area contributed by atoms with Crippen LogP contribution in [0, 0.1) is 0 Å². The summed E-state index contributed by atoms with van der Waals surface area (Å²) in [6.07, 6.45) is -1.17. The number of rotatable bonds is 15. The summed E-state index contributed by atoms with van der Waals surface area (Å²) < 4.78 is 0. The molecule has 0 unspecified atom stereocenters. The van der Waals surface area contributed by atoms with Gasteiger partial charge in [-0.25, -0.2) is 9.59 Å². The Morgan fingerprint density at radius 3 is 1.55 bits per heavy atom. The number of carboxylic acid groups (broad SMARTS) is 3. The Bertz CT molecular complexity index is 692. The molecule has 0 aromatic carbocycles. The molecule has 0 saturated heterocycles. The number of hydrogen-bond acceptors (Lipinski definition) is 9. The molecule has 0 aromatic rings. The van der Waals surface area contributed by atoms with Crippen LogP contribution in [0.1, 0.15) is 25.7 Å². The lowest BCUT2D eigenvalue weighted by Gasteiger charge is -2.20. The minimum Gasteiger partial charge on any atom is -0.480 e. The van der Waals surface area contributed by atoms with Crippen LogP contribution in [0.4, 0.5) is 0 Å². The highest BCUT2D eigenvalue weighted by molar-refractivity contribution is 7.80. The smallest absolute Gasteiger partial charge is 0.327 e. The molecule has 0 radical (unpaired) electrons. The predicted octanol–water partition coefficient (Wildman–Crippen LogP) is -2.56. The second-order valence-corrected chi connectivity index (χ2v) is 7.10. The van der Waals surface area contributed by atoms with Gasteiger partial charge in [0.1, 0.15) is 24.2 Å². The lowest BCUT2D eigenvalue weighted by atomic mass is 10.1. The molecule has 0 aliphatic heterocycles. The fraction of sp³-hybridized carbons (Fsp3) is 0.625. The zero-order valence-electron chi connectivity index (χ0n) is 16.3. The molecule has 0 heterocycles. The predicted molar refractivity (Wildman–Crippen MR) is 113 cm³/mol. The van der Waals surface area contributed by atoms with Gasteiger partial charge < -0.3 is 37.0 Å². The van der Waals surface area contributed by atoms with Gasteiger partial charge in [-0.15, -0.1) is 0 Å². The number of amides is 3. The highest BCUT2D eigenvalue weighted by atomic mass is 32.1. The number of nitrogens with two attached hydrogens (primary N) is 1. The lowest BCUT2D eigenvalue weighted by Crippen LogP contribution is -2.53. The van der Waals surface area contributed by atoms with Gasteiger partial charge >= 0.3 is 17.9 Å². The Morgan fingerprint density at radius 1 is 0.677 bits per heavy atom. The van der Waals surface area contributed by atoms with Crippen LogP contribution < -0.4 is 21.7 Å². The molecule has 3 amide bonds. The molecule has 15 heteroatoms. The van der Waals surface area contributed by atoms with Crippen molar-refractivity contribution in [2.75, 3.05) is 11.5 Å². The van der Waals surface area contributed by atoms with E-state index in [9.17, 15) is 33.9 Å². The van der Waals surface area contributed by atoms with E-state index >= 15 is 0 Å². The first-order chi connectivity index (χ1) is 14.4. The monoisotopic (exact) mass is 482 g/mol. The molecule has 0 saturated carbocycles. The van der Waals surface area contributed by atoms with Gasteiger partial charge in [0.15, 0.2) is 0 Å². The summed E-state index contributed by atoms with van der Waals surface area (Å²) in [4.78, 5) is 68.9. The van der Waals surface area contributed by atoms with Crippen LogP contribution in [-0.4, -0.2) is 86.6 Å². The number of aliphatic carboxylic acids is 3. The van der Waals surface area contributed by atoms with Gasteiger partial charge in [0.2, 0.25) is 17.7 Å². The van der Waals surface area contributed by atoms with Crippen LogP contribution in [-0.2, 0) is 28.8 Å². The molecular formula is C16H26N4O9S2. The molecule has 0 aromatic heterocycles. The standard InChI is InChI=1S/C16H26N4O9S2/c17-7(14(24)25)1-3-11(21)18-9(5-30)13(23)20-8(15(26)27)2-4-12(22)19-10(6-31)16(28)29/h7-10,30-31H,1-6,17H2,(H,18,21)(H,19,22)(H,20,23)(H,24,25)(H,26,27)(H,28,29)/t7-,8-,9-,10-/m0/s1. The SMILES string of the molecule is N[C@@H](CCC(=O)N[C@@H](CS)C(=O)N[C@@H](CCC(=O)N[C@@H](CS)C(=O)O)C(=O)O)C(=O)O. The quantitative estimate of drug-likeness (QED) is 0.111. The summed E-state index contributed by atoms with van der Waals surface area (Å²) in [6, 6.07) is -5.20. The van der Waals surface area contributed by atoms with Crippen molar-refractivity contribution in [1.82, 2.24) is 16.0 Å².